The first-order valence-corrected chi connectivity index (χ1v) is 6.38. The zero-order chi connectivity index (χ0) is 10.3. The Hall–Kier alpha value is -0.730. The quantitative estimate of drug-likeness (QED) is 0.702. The van der Waals surface area contributed by atoms with Gasteiger partial charge in [0.1, 0.15) is 0 Å². The highest BCUT2D eigenvalue weighted by atomic mass is 16.2. The predicted octanol–water partition coefficient (Wildman–Crippen LogP) is 1.98. The number of nitrogens with one attached hydrogen (secondary N) is 1. The molecule has 1 aliphatic heterocycles. The molecule has 2 saturated carbocycles. The van der Waals surface area contributed by atoms with Crippen molar-refractivity contribution in [2.45, 2.75) is 44.6 Å². The third kappa shape index (κ3) is 1.72. The number of likely N-dealkylation sites (tertiary alicyclic amines) is 1. The van der Waals surface area contributed by atoms with E-state index in [-0.39, 0.29) is 6.03 Å². The predicted molar refractivity (Wildman–Crippen MR) is 58.6 cm³/mol. The number of hydrogen-bond donors (Lipinski definition) is 1. The zero-order valence-electron chi connectivity index (χ0n) is 9.24. The number of carbonyl (C=O) groups excluding carboxylic acids is 1. The summed E-state index contributed by atoms with van der Waals surface area (Å²) >= 11 is 0. The van der Waals surface area contributed by atoms with E-state index in [9.17, 15) is 4.79 Å². The van der Waals surface area contributed by atoms with Gasteiger partial charge in [0.2, 0.25) is 0 Å². The molecule has 2 amide bonds. The second-order valence-corrected chi connectivity index (χ2v) is 5.42. The molecule has 3 unspecified atom stereocenters. The van der Waals surface area contributed by atoms with Gasteiger partial charge in [-0.3, -0.25) is 0 Å². The van der Waals surface area contributed by atoms with E-state index in [4.69, 9.17) is 0 Å². The van der Waals surface area contributed by atoms with E-state index in [1.165, 1.54) is 38.5 Å². The van der Waals surface area contributed by atoms with Crippen LogP contribution in [0, 0.1) is 11.8 Å². The van der Waals surface area contributed by atoms with Gasteiger partial charge >= 0.3 is 6.03 Å². The second-order valence-electron chi connectivity index (χ2n) is 5.42. The van der Waals surface area contributed by atoms with E-state index in [2.05, 4.69) is 5.32 Å². The van der Waals surface area contributed by atoms with E-state index < -0.39 is 0 Å². The fourth-order valence-electron chi connectivity index (χ4n) is 3.59. The molecule has 0 aromatic carbocycles. The molecule has 3 atom stereocenters. The first-order chi connectivity index (χ1) is 7.33. The van der Waals surface area contributed by atoms with Crippen LogP contribution in [0.1, 0.15) is 38.5 Å². The molecule has 2 aliphatic carbocycles. The van der Waals surface area contributed by atoms with Crippen molar-refractivity contribution in [3.63, 3.8) is 0 Å². The van der Waals surface area contributed by atoms with Crippen LogP contribution >= 0.6 is 0 Å². The Kier molecular flexibility index (Phi) is 2.33. The average molecular weight is 208 g/mol. The molecule has 3 heteroatoms. The molecule has 15 heavy (non-hydrogen) atoms. The number of hydrogen-bond acceptors (Lipinski definition) is 1. The summed E-state index contributed by atoms with van der Waals surface area (Å²) in [5.41, 5.74) is 0. The summed E-state index contributed by atoms with van der Waals surface area (Å²) in [5, 5.41) is 3.24. The van der Waals surface area contributed by atoms with Gasteiger partial charge in [0.25, 0.3) is 0 Å². The lowest BCUT2D eigenvalue weighted by Crippen LogP contribution is -2.45. The number of nitrogens with zero attached hydrogens (tertiary/aromatic N) is 1. The molecular formula is C12H20N2O. The summed E-state index contributed by atoms with van der Waals surface area (Å²) < 4.78 is 0. The standard InChI is InChI=1S/C12H20N2O/c15-12(14-5-1-2-6-14)13-11-8-9-3-4-10(11)7-9/h9-11H,1-8H2,(H,13,15). The van der Waals surface area contributed by atoms with E-state index in [1.807, 2.05) is 4.90 Å². The fraction of sp³-hybridized carbons (Fsp3) is 0.917. The van der Waals surface area contributed by atoms with Gasteiger partial charge in [-0.25, -0.2) is 4.79 Å². The molecule has 0 spiro atoms. The largest absolute Gasteiger partial charge is 0.335 e. The Bertz CT molecular complexity index is 260. The van der Waals surface area contributed by atoms with Crippen molar-refractivity contribution in [1.29, 1.82) is 0 Å². The molecule has 0 aromatic rings. The molecule has 3 fully saturated rings. The summed E-state index contributed by atoms with van der Waals surface area (Å²) in [6.45, 7) is 1.93. The van der Waals surface area contributed by atoms with Gasteiger partial charge in [-0.15, -0.1) is 0 Å². The number of carbonyl (C=O) groups is 1. The Morgan fingerprint density at radius 2 is 1.93 bits per heavy atom. The Balaban J connectivity index is 1.54. The molecule has 3 rings (SSSR count). The molecule has 84 valence electrons. The van der Waals surface area contributed by atoms with E-state index in [0.717, 1.165) is 24.9 Å². The molecule has 1 saturated heterocycles. The minimum absolute atomic E-state index is 0.199. The summed E-state index contributed by atoms with van der Waals surface area (Å²) in [6, 6.07) is 0.696. The smallest absolute Gasteiger partial charge is 0.317 e. The number of rotatable bonds is 1. The molecule has 1 N–H and O–H groups in total. The molecule has 3 nitrogen and oxygen atoms in total. The second kappa shape index (κ2) is 3.69. The van der Waals surface area contributed by atoms with E-state index >= 15 is 0 Å². The third-order valence-corrected chi connectivity index (χ3v) is 4.44. The molecule has 3 aliphatic rings. The normalized spacial score (nSPS) is 38.7. The number of fused-ring (bicyclic) bond motifs is 2. The van der Waals surface area contributed by atoms with Crippen molar-refractivity contribution in [3.05, 3.63) is 0 Å². The molecule has 2 bridgehead atoms. The van der Waals surface area contributed by atoms with Crippen molar-refractivity contribution < 1.29 is 4.79 Å². The summed E-state index contributed by atoms with van der Waals surface area (Å²) in [4.78, 5) is 13.9. The lowest BCUT2D eigenvalue weighted by molar-refractivity contribution is 0.199. The first-order valence-electron chi connectivity index (χ1n) is 6.38. The molecule has 0 aromatic heterocycles. The third-order valence-electron chi connectivity index (χ3n) is 4.44. The lowest BCUT2D eigenvalue weighted by Gasteiger charge is -2.26. The van der Waals surface area contributed by atoms with E-state index in [0.29, 0.717) is 6.04 Å². The monoisotopic (exact) mass is 208 g/mol. The van der Waals surface area contributed by atoms with Crippen molar-refractivity contribution in [1.82, 2.24) is 10.2 Å². The average Bonchev–Trinajstić information content (AvgIpc) is 2.95. The van der Waals surface area contributed by atoms with Crippen LogP contribution in [0.15, 0.2) is 0 Å². The van der Waals surface area contributed by atoms with Crippen molar-refractivity contribution in [2.75, 3.05) is 13.1 Å². The van der Waals surface area contributed by atoms with Gasteiger partial charge in [0.15, 0.2) is 0 Å². The SMILES string of the molecule is O=C(NC1CC2CCC1C2)N1CCCC1. The van der Waals surface area contributed by atoms with Crippen molar-refractivity contribution >= 4 is 6.03 Å². The maximum absolute atomic E-state index is 11.9. The first kappa shape index (κ1) is 9.49. The van der Waals surface area contributed by atoms with Crippen LogP contribution in [-0.4, -0.2) is 30.1 Å². The van der Waals surface area contributed by atoms with Gasteiger partial charge in [-0.05, 0) is 43.9 Å². The van der Waals surface area contributed by atoms with E-state index in [1.54, 1.807) is 0 Å². The van der Waals surface area contributed by atoms with Gasteiger partial charge in [-0.2, -0.15) is 0 Å². The Morgan fingerprint density at radius 1 is 1.13 bits per heavy atom. The van der Waals surface area contributed by atoms with Gasteiger partial charge < -0.3 is 10.2 Å². The Labute approximate surface area is 91.2 Å². The maximum Gasteiger partial charge on any atom is 0.317 e. The van der Waals surface area contributed by atoms with Crippen LogP contribution in [-0.2, 0) is 0 Å². The van der Waals surface area contributed by atoms with Gasteiger partial charge in [0.05, 0.1) is 0 Å². The van der Waals surface area contributed by atoms with Gasteiger partial charge in [0, 0.05) is 19.1 Å². The van der Waals surface area contributed by atoms with Gasteiger partial charge in [-0.1, -0.05) is 6.42 Å². The highest BCUT2D eigenvalue weighted by Gasteiger charge is 2.40. The van der Waals surface area contributed by atoms with Crippen molar-refractivity contribution in [3.8, 4) is 0 Å². The molecular weight excluding hydrogens is 188 g/mol. The van der Waals surface area contributed by atoms with Crippen LogP contribution in [0.3, 0.4) is 0 Å². The lowest BCUT2D eigenvalue weighted by atomic mass is 9.95. The zero-order valence-corrected chi connectivity index (χ0v) is 9.24. The topological polar surface area (TPSA) is 32.3 Å². The summed E-state index contributed by atoms with van der Waals surface area (Å²) in [5.74, 6) is 1.71. The summed E-state index contributed by atoms with van der Waals surface area (Å²) in [7, 11) is 0. The number of urea groups is 1. The minimum atomic E-state index is 0.199. The summed E-state index contributed by atoms with van der Waals surface area (Å²) in [6.07, 6.45) is 7.72. The molecule has 1 heterocycles. The fourth-order valence-corrected chi connectivity index (χ4v) is 3.59. The van der Waals surface area contributed by atoms with Crippen molar-refractivity contribution in [2.24, 2.45) is 11.8 Å². The van der Waals surface area contributed by atoms with Crippen LogP contribution in [0.25, 0.3) is 0 Å². The van der Waals surface area contributed by atoms with Crippen LogP contribution in [0.5, 0.6) is 0 Å². The minimum Gasteiger partial charge on any atom is -0.335 e. The van der Waals surface area contributed by atoms with Crippen LogP contribution in [0.2, 0.25) is 0 Å². The highest BCUT2D eigenvalue weighted by molar-refractivity contribution is 5.74. The molecule has 0 radical (unpaired) electrons. The highest BCUT2D eigenvalue weighted by Crippen LogP contribution is 2.44. The maximum atomic E-state index is 11.9. The number of amides is 2. The van der Waals surface area contributed by atoms with Crippen LogP contribution in [0.4, 0.5) is 4.79 Å². The Morgan fingerprint density at radius 3 is 2.53 bits per heavy atom. The van der Waals surface area contributed by atoms with Crippen LogP contribution < -0.4 is 5.32 Å².